The van der Waals surface area contributed by atoms with Crippen LogP contribution in [0.1, 0.15) is 96.8 Å². The molecule has 37 heavy (non-hydrogen) atoms. The standard InChI is InChI=1S/C30H54N2O5/c1-3-4-5-6-7-8-9-10-11-12-13-14-15-16-17-18-30(34)37-24-21-31-29(33)27-32-22-19-28(20-23-32)36-26-25-35-2/h7-8,10-11,28H,3-6,9,12-27H2,1-2H3,(H,31,33)/b8-7-,11-10-. The third-order valence-electron chi connectivity index (χ3n) is 6.56. The van der Waals surface area contributed by atoms with E-state index in [9.17, 15) is 9.59 Å². The van der Waals surface area contributed by atoms with Crippen LogP contribution in [0.3, 0.4) is 0 Å². The molecule has 0 unspecified atom stereocenters. The number of piperidine rings is 1. The zero-order valence-electron chi connectivity index (χ0n) is 23.7. The van der Waals surface area contributed by atoms with Gasteiger partial charge in [0.25, 0.3) is 0 Å². The van der Waals surface area contributed by atoms with E-state index in [4.69, 9.17) is 14.2 Å². The summed E-state index contributed by atoms with van der Waals surface area (Å²) in [6.07, 6.45) is 24.5. The maximum atomic E-state index is 12.1. The number of ether oxygens (including phenoxy) is 3. The number of rotatable bonds is 23. The lowest BCUT2D eigenvalue weighted by atomic mass is 10.1. The smallest absolute Gasteiger partial charge is 0.305 e. The number of carbonyl (C=O) groups excluding carboxylic acids is 2. The van der Waals surface area contributed by atoms with Crippen LogP contribution in [0.15, 0.2) is 24.3 Å². The van der Waals surface area contributed by atoms with Gasteiger partial charge in [0.1, 0.15) is 6.61 Å². The van der Waals surface area contributed by atoms with Crippen molar-refractivity contribution in [3.8, 4) is 0 Å². The molecule has 1 aliphatic heterocycles. The van der Waals surface area contributed by atoms with Crippen molar-refractivity contribution in [2.75, 3.05) is 53.1 Å². The number of hydrogen-bond donors (Lipinski definition) is 1. The van der Waals surface area contributed by atoms with Crippen LogP contribution in [0.2, 0.25) is 0 Å². The zero-order chi connectivity index (χ0) is 26.8. The van der Waals surface area contributed by atoms with Crippen molar-refractivity contribution >= 4 is 11.9 Å². The Morgan fingerprint density at radius 1 is 0.865 bits per heavy atom. The zero-order valence-corrected chi connectivity index (χ0v) is 23.7. The van der Waals surface area contributed by atoms with E-state index >= 15 is 0 Å². The molecule has 1 fully saturated rings. The highest BCUT2D eigenvalue weighted by Crippen LogP contribution is 2.13. The van der Waals surface area contributed by atoms with Gasteiger partial charge in [0.15, 0.2) is 0 Å². The second-order valence-electron chi connectivity index (χ2n) is 9.89. The summed E-state index contributed by atoms with van der Waals surface area (Å²) in [6.45, 7) is 6.16. The van der Waals surface area contributed by atoms with Crippen LogP contribution in [0.4, 0.5) is 0 Å². The molecule has 1 heterocycles. The molecule has 214 valence electrons. The van der Waals surface area contributed by atoms with Gasteiger partial charge in [0.05, 0.1) is 32.4 Å². The number of allylic oxidation sites excluding steroid dienone is 4. The van der Waals surface area contributed by atoms with Crippen LogP contribution in [0.5, 0.6) is 0 Å². The second-order valence-corrected chi connectivity index (χ2v) is 9.89. The van der Waals surface area contributed by atoms with Crippen molar-refractivity contribution in [3.63, 3.8) is 0 Å². The van der Waals surface area contributed by atoms with Gasteiger partial charge in [0, 0.05) is 26.6 Å². The Hall–Kier alpha value is -1.70. The van der Waals surface area contributed by atoms with Crippen molar-refractivity contribution in [2.24, 2.45) is 0 Å². The van der Waals surface area contributed by atoms with Gasteiger partial charge in [0.2, 0.25) is 5.91 Å². The monoisotopic (exact) mass is 522 g/mol. The lowest BCUT2D eigenvalue weighted by Gasteiger charge is -2.31. The summed E-state index contributed by atoms with van der Waals surface area (Å²) in [4.78, 5) is 26.2. The molecule has 0 aliphatic carbocycles. The first-order chi connectivity index (χ1) is 18.2. The minimum absolute atomic E-state index is 0.0245. The maximum Gasteiger partial charge on any atom is 0.305 e. The highest BCUT2D eigenvalue weighted by molar-refractivity contribution is 5.78. The van der Waals surface area contributed by atoms with E-state index in [-0.39, 0.29) is 24.6 Å². The molecule has 0 radical (unpaired) electrons. The van der Waals surface area contributed by atoms with Crippen molar-refractivity contribution < 1.29 is 23.8 Å². The van der Waals surface area contributed by atoms with Crippen LogP contribution >= 0.6 is 0 Å². The van der Waals surface area contributed by atoms with Crippen molar-refractivity contribution in [1.29, 1.82) is 0 Å². The summed E-state index contributed by atoms with van der Waals surface area (Å²) < 4.78 is 16.0. The summed E-state index contributed by atoms with van der Waals surface area (Å²) in [5.41, 5.74) is 0. The Morgan fingerprint density at radius 3 is 2.24 bits per heavy atom. The van der Waals surface area contributed by atoms with E-state index in [1.165, 1.54) is 38.5 Å². The van der Waals surface area contributed by atoms with Gasteiger partial charge < -0.3 is 19.5 Å². The third-order valence-corrected chi connectivity index (χ3v) is 6.56. The van der Waals surface area contributed by atoms with Gasteiger partial charge in [-0.3, -0.25) is 14.5 Å². The quantitative estimate of drug-likeness (QED) is 0.107. The molecule has 0 bridgehead atoms. The molecular formula is C30H54N2O5. The Morgan fingerprint density at radius 2 is 1.54 bits per heavy atom. The van der Waals surface area contributed by atoms with Gasteiger partial charge in [-0.15, -0.1) is 0 Å². The van der Waals surface area contributed by atoms with Gasteiger partial charge in [-0.25, -0.2) is 0 Å². The normalized spacial score (nSPS) is 15.1. The van der Waals surface area contributed by atoms with Crippen LogP contribution in [-0.4, -0.2) is 76.0 Å². The maximum absolute atomic E-state index is 12.1. The van der Waals surface area contributed by atoms with Crippen LogP contribution in [0.25, 0.3) is 0 Å². The van der Waals surface area contributed by atoms with Gasteiger partial charge in [-0.1, -0.05) is 63.3 Å². The predicted molar refractivity (Wildman–Crippen MR) is 151 cm³/mol. The third kappa shape index (κ3) is 21.0. The van der Waals surface area contributed by atoms with E-state index in [1.54, 1.807) is 7.11 Å². The fourth-order valence-corrected chi connectivity index (χ4v) is 4.30. The van der Waals surface area contributed by atoms with Gasteiger partial charge in [-0.05, 0) is 51.4 Å². The Kier molecular flexibility index (Phi) is 22.2. The molecule has 0 spiro atoms. The minimum atomic E-state index is -0.171. The molecular weight excluding hydrogens is 468 g/mol. The van der Waals surface area contributed by atoms with Gasteiger partial charge >= 0.3 is 5.97 Å². The second kappa shape index (κ2) is 24.6. The minimum Gasteiger partial charge on any atom is -0.464 e. The Bertz CT molecular complexity index is 615. The number of nitrogens with one attached hydrogen (secondary N) is 1. The molecule has 0 aromatic carbocycles. The summed E-state index contributed by atoms with van der Waals surface area (Å²) in [6, 6.07) is 0. The molecule has 1 N–H and O–H groups in total. The first-order valence-corrected chi connectivity index (χ1v) is 14.7. The fraction of sp³-hybridized carbons (Fsp3) is 0.800. The number of likely N-dealkylation sites (tertiary alicyclic amines) is 1. The topological polar surface area (TPSA) is 77.1 Å². The average molecular weight is 523 g/mol. The molecule has 7 heteroatoms. The van der Waals surface area contributed by atoms with Crippen LogP contribution in [-0.2, 0) is 23.8 Å². The van der Waals surface area contributed by atoms with E-state index in [0.717, 1.165) is 58.0 Å². The summed E-state index contributed by atoms with van der Waals surface area (Å²) >= 11 is 0. The Balaban J connectivity index is 1.88. The molecule has 7 nitrogen and oxygen atoms in total. The van der Waals surface area contributed by atoms with E-state index < -0.39 is 0 Å². The molecule has 0 aromatic rings. The van der Waals surface area contributed by atoms with E-state index in [0.29, 0.717) is 32.7 Å². The summed E-state index contributed by atoms with van der Waals surface area (Å²) in [7, 11) is 1.67. The molecule has 0 aromatic heterocycles. The molecule has 1 amide bonds. The number of unbranched alkanes of at least 4 members (excludes halogenated alkanes) is 8. The first-order valence-electron chi connectivity index (χ1n) is 14.7. The number of amides is 1. The number of hydrogen-bond acceptors (Lipinski definition) is 6. The summed E-state index contributed by atoms with van der Waals surface area (Å²) in [5.74, 6) is -0.195. The molecule has 1 rings (SSSR count). The van der Waals surface area contributed by atoms with Crippen LogP contribution in [0, 0.1) is 0 Å². The van der Waals surface area contributed by atoms with Crippen molar-refractivity contribution in [1.82, 2.24) is 10.2 Å². The molecule has 0 saturated carbocycles. The van der Waals surface area contributed by atoms with Gasteiger partial charge in [-0.2, -0.15) is 0 Å². The number of carbonyl (C=O) groups is 2. The SMILES string of the molecule is CCCCC/C=C\C/C=C\CCCCCCCC(=O)OCCNC(=O)CN1CCC(OCCOC)CC1. The first kappa shape index (κ1) is 33.3. The molecule has 1 saturated heterocycles. The Labute approximate surface area is 226 Å². The number of esters is 1. The highest BCUT2D eigenvalue weighted by atomic mass is 16.5. The predicted octanol–water partition coefficient (Wildman–Crippen LogP) is 5.59. The largest absolute Gasteiger partial charge is 0.464 e. The fourth-order valence-electron chi connectivity index (χ4n) is 4.30. The lowest BCUT2D eigenvalue weighted by molar-refractivity contribution is -0.144. The molecule has 0 atom stereocenters. The number of methoxy groups -OCH3 is 1. The van der Waals surface area contributed by atoms with Crippen LogP contribution < -0.4 is 5.32 Å². The molecule has 1 aliphatic rings. The highest BCUT2D eigenvalue weighted by Gasteiger charge is 2.21. The van der Waals surface area contributed by atoms with Crippen molar-refractivity contribution in [2.45, 2.75) is 103 Å². The van der Waals surface area contributed by atoms with E-state index in [2.05, 4.69) is 41.4 Å². The average Bonchev–Trinajstić information content (AvgIpc) is 2.90. The van der Waals surface area contributed by atoms with Crippen molar-refractivity contribution in [3.05, 3.63) is 24.3 Å². The van der Waals surface area contributed by atoms with E-state index in [1.807, 2.05) is 0 Å². The number of nitrogens with zero attached hydrogens (tertiary/aromatic N) is 1. The lowest BCUT2D eigenvalue weighted by Crippen LogP contribution is -2.43. The summed E-state index contributed by atoms with van der Waals surface area (Å²) in [5, 5.41) is 2.85.